The molecule has 2 N–H and O–H groups in total. The number of anilines is 1. The molecular weight excluding hydrogens is 368 g/mol. The second-order valence-electron chi connectivity index (χ2n) is 6.25. The Kier molecular flexibility index (Phi) is 5.75. The number of nitrogens with zero attached hydrogens (tertiary/aromatic N) is 1. The first-order valence-corrected chi connectivity index (χ1v) is 9.36. The maximum Gasteiger partial charge on any atom is 0.305 e. The number of para-hydroxylation sites is 2. The summed E-state index contributed by atoms with van der Waals surface area (Å²) in [6.45, 7) is 0.231. The Hall–Kier alpha value is -2.87. The molecule has 142 valence electrons. The van der Waals surface area contributed by atoms with Crippen LogP contribution >= 0.6 is 11.3 Å². The maximum absolute atomic E-state index is 12.7. The van der Waals surface area contributed by atoms with E-state index in [-0.39, 0.29) is 31.2 Å². The zero-order chi connectivity index (χ0) is 19.4. The number of carboxylic acids is 1. The van der Waals surface area contributed by atoms with Crippen LogP contribution in [0.25, 0.3) is 0 Å². The second kappa shape index (κ2) is 8.22. The van der Waals surface area contributed by atoms with E-state index < -0.39 is 17.9 Å². The van der Waals surface area contributed by atoms with Gasteiger partial charge in [0.05, 0.1) is 31.2 Å². The van der Waals surface area contributed by atoms with Crippen LogP contribution in [0.1, 0.15) is 23.8 Å². The van der Waals surface area contributed by atoms with Crippen LogP contribution in [0.2, 0.25) is 0 Å². The van der Waals surface area contributed by atoms with E-state index in [1.54, 1.807) is 29.2 Å². The number of benzene rings is 1. The van der Waals surface area contributed by atoms with E-state index in [1.165, 1.54) is 18.4 Å². The normalized spacial score (nSPS) is 17.6. The Labute approximate surface area is 160 Å². The molecule has 2 heterocycles. The Morgan fingerprint density at radius 3 is 2.78 bits per heavy atom. The molecule has 27 heavy (non-hydrogen) atoms. The average Bonchev–Trinajstić information content (AvgIpc) is 3.30. The number of carboxylic acid groups (broad SMARTS) is 1. The maximum atomic E-state index is 12.7. The quantitative estimate of drug-likeness (QED) is 0.760. The van der Waals surface area contributed by atoms with E-state index in [0.29, 0.717) is 11.4 Å². The van der Waals surface area contributed by atoms with Gasteiger partial charge in [-0.15, -0.1) is 11.3 Å². The fourth-order valence-corrected chi connectivity index (χ4v) is 3.92. The molecule has 1 aromatic heterocycles. The highest BCUT2D eigenvalue weighted by Crippen LogP contribution is 2.33. The highest BCUT2D eigenvalue weighted by molar-refractivity contribution is 7.10. The third-order valence-electron chi connectivity index (χ3n) is 4.45. The summed E-state index contributed by atoms with van der Waals surface area (Å²) in [6.07, 6.45) is -0.128. The third-order valence-corrected chi connectivity index (χ3v) is 5.44. The molecule has 2 unspecified atom stereocenters. The Morgan fingerprint density at radius 2 is 2.11 bits per heavy atom. The van der Waals surface area contributed by atoms with E-state index in [2.05, 4.69) is 5.32 Å². The van der Waals surface area contributed by atoms with Crippen molar-refractivity contribution < 1.29 is 24.2 Å². The van der Waals surface area contributed by atoms with E-state index in [1.807, 2.05) is 17.5 Å². The number of hydrogen-bond donors (Lipinski definition) is 2. The highest BCUT2D eigenvalue weighted by Gasteiger charge is 2.37. The molecule has 1 aliphatic rings. The highest BCUT2D eigenvalue weighted by atomic mass is 32.1. The summed E-state index contributed by atoms with van der Waals surface area (Å²) in [5.41, 5.74) is 0.626. The number of hydrogen-bond acceptors (Lipinski definition) is 5. The Morgan fingerprint density at radius 1 is 1.33 bits per heavy atom. The standard InChI is InChI=1S/C19H20N2O5S/c1-26-15-6-3-2-5-14(15)21-11-12(9-17(21)22)19(25)20-13(10-18(23)24)16-7-4-8-27-16/h2-8,12-13H,9-11H2,1H3,(H,20,25)(H,23,24). The first-order valence-electron chi connectivity index (χ1n) is 8.48. The lowest BCUT2D eigenvalue weighted by Crippen LogP contribution is -2.36. The monoisotopic (exact) mass is 388 g/mol. The number of thiophene rings is 1. The molecule has 1 aromatic carbocycles. The minimum atomic E-state index is -0.994. The molecule has 2 amide bonds. The lowest BCUT2D eigenvalue weighted by molar-refractivity contribution is -0.138. The van der Waals surface area contributed by atoms with E-state index in [9.17, 15) is 14.4 Å². The average molecular weight is 388 g/mol. The minimum Gasteiger partial charge on any atom is -0.495 e. The van der Waals surface area contributed by atoms with E-state index in [4.69, 9.17) is 9.84 Å². The second-order valence-corrected chi connectivity index (χ2v) is 7.23. The predicted octanol–water partition coefficient (Wildman–Crippen LogP) is 2.44. The molecule has 0 spiro atoms. The van der Waals surface area contributed by atoms with E-state index >= 15 is 0 Å². The van der Waals surface area contributed by atoms with Crippen LogP contribution < -0.4 is 15.0 Å². The third kappa shape index (κ3) is 4.28. The number of carbonyl (C=O) groups excluding carboxylic acids is 2. The molecule has 0 bridgehead atoms. The molecule has 1 saturated heterocycles. The van der Waals surface area contributed by atoms with Gasteiger partial charge in [0.25, 0.3) is 0 Å². The van der Waals surface area contributed by atoms with Crippen LogP contribution in [0.4, 0.5) is 5.69 Å². The molecule has 7 nitrogen and oxygen atoms in total. The van der Waals surface area contributed by atoms with Gasteiger partial charge < -0.3 is 20.1 Å². The summed E-state index contributed by atoms with van der Waals surface area (Å²) in [4.78, 5) is 38.6. The summed E-state index contributed by atoms with van der Waals surface area (Å²) in [7, 11) is 1.53. The molecule has 0 radical (unpaired) electrons. The molecule has 2 aromatic rings. The van der Waals surface area contributed by atoms with Gasteiger partial charge in [0.2, 0.25) is 11.8 Å². The van der Waals surface area contributed by atoms with Crippen molar-refractivity contribution in [2.75, 3.05) is 18.6 Å². The van der Waals surface area contributed by atoms with Crippen molar-refractivity contribution in [1.82, 2.24) is 5.32 Å². The summed E-state index contributed by atoms with van der Waals surface area (Å²) in [6, 6.07) is 10.1. The van der Waals surface area contributed by atoms with Crippen molar-refractivity contribution in [3.8, 4) is 5.75 Å². The number of nitrogens with one attached hydrogen (secondary N) is 1. The predicted molar refractivity (Wildman–Crippen MR) is 101 cm³/mol. The summed E-state index contributed by atoms with van der Waals surface area (Å²) < 4.78 is 5.30. The van der Waals surface area contributed by atoms with Gasteiger partial charge in [-0.3, -0.25) is 14.4 Å². The van der Waals surface area contributed by atoms with Crippen LogP contribution in [-0.4, -0.2) is 36.5 Å². The molecule has 1 aliphatic heterocycles. The van der Waals surface area contributed by atoms with Gasteiger partial charge >= 0.3 is 5.97 Å². The number of ether oxygens (including phenoxy) is 1. The SMILES string of the molecule is COc1ccccc1N1CC(C(=O)NC(CC(=O)O)c2cccs2)CC1=O. The Balaban J connectivity index is 1.72. The summed E-state index contributed by atoms with van der Waals surface area (Å²) in [5.74, 6) is -1.45. The number of rotatable bonds is 7. The van der Waals surface area contributed by atoms with Crippen LogP contribution in [0.3, 0.4) is 0 Å². The summed E-state index contributed by atoms with van der Waals surface area (Å²) >= 11 is 1.39. The first-order chi connectivity index (χ1) is 13.0. The van der Waals surface area contributed by atoms with Crippen molar-refractivity contribution in [2.45, 2.75) is 18.9 Å². The number of amides is 2. The van der Waals surface area contributed by atoms with Gasteiger partial charge in [0, 0.05) is 17.8 Å². The van der Waals surface area contributed by atoms with E-state index in [0.717, 1.165) is 4.88 Å². The van der Waals surface area contributed by atoms with Crippen molar-refractivity contribution >= 4 is 34.8 Å². The van der Waals surface area contributed by atoms with Crippen LogP contribution in [-0.2, 0) is 14.4 Å². The van der Waals surface area contributed by atoms with Crippen molar-refractivity contribution in [2.24, 2.45) is 5.92 Å². The largest absolute Gasteiger partial charge is 0.495 e. The van der Waals surface area contributed by atoms with Gasteiger partial charge in [-0.1, -0.05) is 18.2 Å². The topological polar surface area (TPSA) is 95.9 Å². The fourth-order valence-electron chi connectivity index (χ4n) is 3.15. The molecule has 3 rings (SSSR count). The molecular formula is C19H20N2O5S. The van der Waals surface area contributed by atoms with Crippen LogP contribution in [0.15, 0.2) is 41.8 Å². The van der Waals surface area contributed by atoms with Crippen molar-refractivity contribution in [3.05, 3.63) is 46.7 Å². The molecule has 2 atom stereocenters. The zero-order valence-corrected chi connectivity index (χ0v) is 15.6. The van der Waals surface area contributed by atoms with Crippen LogP contribution in [0, 0.1) is 5.92 Å². The number of carbonyl (C=O) groups is 3. The van der Waals surface area contributed by atoms with Crippen LogP contribution in [0.5, 0.6) is 5.75 Å². The lowest BCUT2D eigenvalue weighted by Gasteiger charge is -2.20. The zero-order valence-electron chi connectivity index (χ0n) is 14.8. The molecule has 0 saturated carbocycles. The summed E-state index contributed by atoms with van der Waals surface area (Å²) in [5, 5.41) is 13.8. The Bertz CT molecular complexity index is 836. The smallest absolute Gasteiger partial charge is 0.305 e. The van der Waals surface area contributed by atoms with Crippen molar-refractivity contribution in [1.29, 1.82) is 0 Å². The van der Waals surface area contributed by atoms with Gasteiger partial charge in [-0.05, 0) is 23.6 Å². The van der Waals surface area contributed by atoms with Gasteiger partial charge in [-0.2, -0.15) is 0 Å². The van der Waals surface area contributed by atoms with Crippen molar-refractivity contribution in [3.63, 3.8) is 0 Å². The lowest BCUT2D eigenvalue weighted by atomic mass is 10.1. The molecule has 0 aliphatic carbocycles. The van der Waals surface area contributed by atoms with Gasteiger partial charge in [0.15, 0.2) is 0 Å². The molecule has 8 heteroatoms. The molecule has 1 fully saturated rings. The number of aliphatic carboxylic acids is 1. The number of methoxy groups -OCH3 is 1. The van der Waals surface area contributed by atoms with Gasteiger partial charge in [0.1, 0.15) is 5.75 Å². The minimum absolute atomic E-state index is 0.0775. The van der Waals surface area contributed by atoms with Gasteiger partial charge in [-0.25, -0.2) is 0 Å². The first kappa shape index (κ1) is 18.9. The fraction of sp³-hybridized carbons (Fsp3) is 0.316.